The van der Waals surface area contributed by atoms with Crippen molar-refractivity contribution >= 4 is 34.8 Å². The van der Waals surface area contributed by atoms with Crippen LogP contribution in [-0.2, 0) is 21.5 Å². The number of pyridine rings is 1. The first kappa shape index (κ1) is 31.1. The highest BCUT2D eigenvalue weighted by atomic mass is 16.6. The van der Waals surface area contributed by atoms with Crippen LogP contribution in [-0.4, -0.2) is 51.6 Å². The fourth-order valence-corrected chi connectivity index (χ4v) is 3.95. The Morgan fingerprint density at radius 3 is 2.46 bits per heavy atom. The largest absolute Gasteiger partial charge is 0.457 e. The molecule has 2 aromatic heterocycles. The first-order valence-corrected chi connectivity index (χ1v) is 13.7. The molecule has 1 aliphatic rings. The van der Waals surface area contributed by atoms with Crippen LogP contribution >= 0.6 is 0 Å². The van der Waals surface area contributed by atoms with Crippen LogP contribution in [0.1, 0.15) is 47.1 Å². The topological polar surface area (TPSA) is 119 Å². The van der Waals surface area contributed by atoms with E-state index in [9.17, 15) is 14.7 Å². The number of aryl methyl sites for hydroxylation is 1. The van der Waals surface area contributed by atoms with Gasteiger partial charge in [0.2, 0.25) is 6.41 Å². The number of aromatic nitrogens is 3. The molecule has 4 aromatic rings. The third-order valence-electron chi connectivity index (χ3n) is 6.13. The predicted octanol–water partition coefficient (Wildman–Crippen LogP) is 6.14. The number of nitrogens with one attached hydrogen (secondary N) is 1. The minimum atomic E-state index is -0.505. The summed E-state index contributed by atoms with van der Waals surface area (Å²) in [5.41, 5.74) is 3.38. The Kier molecular flexibility index (Phi) is 10.8. The number of carbonyl (C=O) groups excluding carboxylic acids is 2. The Hall–Kier alpha value is -4.44. The summed E-state index contributed by atoms with van der Waals surface area (Å²) in [6.45, 7) is 12.4. The van der Waals surface area contributed by atoms with Crippen LogP contribution in [0.3, 0.4) is 0 Å². The monoisotopic (exact) mass is 561 g/mol. The highest BCUT2D eigenvalue weighted by Gasteiger charge is 2.32. The summed E-state index contributed by atoms with van der Waals surface area (Å²) >= 11 is 0. The van der Waals surface area contributed by atoms with Gasteiger partial charge in [-0.25, -0.2) is 4.79 Å². The van der Waals surface area contributed by atoms with Crippen LogP contribution in [0.4, 0.5) is 16.2 Å². The maximum atomic E-state index is 12.1. The number of hydrogen-bond acceptors (Lipinski definition) is 7. The molecule has 1 aliphatic heterocycles. The van der Waals surface area contributed by atoms with E-state index in [2.05, 4.69) is 22.3 Å². The second-order valence-corrected chi connectivity index (χ2v) is 10.0. The van der Waals surface area contributed by atoms with Gasteiger partial charge in [0.15, 0.2) is 0 Å². The van der Waals surface area contributed by atoms with Gasteiger partial charge in [0.05, 0.1) is 36.1 Å². The maximum absolute atomic E-state index is 12.1. The molecule has 3 heterocycles. The molecule has 10 heteroatoms. The lowest BCUT2D eigenvalue weighted by Gasteiger charge is -2.18. The summed E-state index contributed by atoms with van der Waals surface area (Å²) in [6, 6.07) is 15.3. The number of fused-ring (bicyclic) bond motifs is 1. The van der Waals surface area contributed by atoms with Crippen LogP contribution in [0.5, 0.6) is 11.5 Å². The third-order valence-corrected chi connectivity index (χ3v) is 6.13. The Morgan fingerprint density at radius 1 is 1.15 bits per heavy atom. The molecule has 218 valence electrons. The summed E-state index contributed by atoms with van der Waals surface area (Å²) in [4.78, 5) is 28.0. The minimum absolute atomic E-state index is 0.0389. The number of aliphatic hydroxyl groups excluding tert-OH is 1. The van der Waals surface area contributed by atoms with Gasteiger partial charge in [-0.05, 0) is 69.2 Å². The number of benzene rings is 2. The second kappa shape index (κ2) is 14.3. The van der Waals surface area contributed by atoms with Gasteiger partial charge >= 0.3 is 6.09 Å². The fourth-order valence-electron chi connectivity index (χ4n) is 3.95. The zero-order chi connectivity index (χ0) is 30.0. The van der Waals surface area contributed by atoms with Crippen LogP contribution in [0.15, 0.2) is 67.1 Å². The van der Waals surface area contributed by atoms with Gasteiger partial charge < -0.3 is 19.9 Å². The number of cyclic esters (lactones) is 1. The van der Waals surface area contributed by atoms with Crippen molar-refractivity contribution in [2.75, 3.05) is 23.4 Å². The number of anilines is 2. The molecule has 10 nitrogen and oxygen atoms in total. The molecular formula is C31H39N5O5. The van der Waals surface area contributed by atoms with Crippen LogP contribution < -0.4 is 15.0 Å². The molecule has 0 radical (unpaired) electrons. The molecule has 2 N–H and O–H groups in total. The van der Waals surface area contributed by atoms with Gasteiger partial charge in [-0.15, -0.1) is 0 Å². The summed E-state index contributed by atoms with van der Waals surface area (Å²) in [6.07, 6.45) is 5.77. The minimum Gasteiger partial charge on any atom is -0.457 e. The fraction of sp³-hybridized carbons (Fsp3) is 0.355. The predicted molar refractivity (Wildman–Crippen MR) is 161 cm³/mol. The zero-order valence-electron chi connectivity index (χ0n) is 24.5. The van der Waals surface area contributed by atoms with E-state index in [1.54, 1.807) is 29.3 Å². The number of hydrogen-bond donors (Lipinski definition) is 2. The molecule has 0 bridgehead atoms. The number of aliphatic hydroxyl groups is 1. The molecule has 2 amide bonds. The number of nitrogens with zero attached hydrogens (tertiary/aromatic N) is 4. The van der Waals surface area contributed by atoms with Gasteiger partial charge in [0.1, 0.15) is 17.6 Å². The normalized spacial score (nSPS) is 14.4. The number of amides is 2. The smallest absolute Gasteiger partial charge is 0.414 e. The van der Waals surface area contributed by atoms with E-state index in [-0.39, 0.29) is 12.1 Å². The number of ether oxygens (including phenoxy) is 2. The quantitative estimate of drug-likeness (QED) is 0.260. The highest BCUT2D eigenvalue weighted by Crippen LogP contribution is 2.33. The lowest BCUT2D eigenvalue weighted by atomic mass is 10.1. The summed E-state index contributed by atoms with van der Waals surface area (Å²) in [5.74, 6) is 1.41. The van der Waals surface area contributed by atoms with E-state index in [4.69, 9.17) is 9.47 Å². The first-order valence-electron chi connectivity index (χ1n) is 13.7. The Bertz CT molecular complexity index is 1430. The lowest BCUT2D eigenvalue weighted by molar-refractivity contribution is -0.105. The SMILES string of the molecule is CC.CC(C)(C)n1cc(NC=O)cn1.CCc1ccc(Oc2ccnc3ccc(N4CC(CO)OC4=O)cc23)cc1. The third kappa shape index (κ3) is 8.04. The summed E-state index contributed by atoms with van der Waals surface area (Å²) in [5, 5.41) is 16.7. The van der Waals surface area contributed by atoms with Crippen LogP contribution in [0.25, 0.3) is 10.9 Å². The molecule has 1 atom stereocenters. The van der Waals surface area contributed by atoms with E-state index in [1.165, 1.54) is 10.5 Å². The Balaban J connectivity index is 0.000000278. The second-order valence-electron chi connectivity index (χ2n) is 10.0. The van der Waals surface area contributed by atoms with Crippen LogP contribution in [0, 0.1) is 0 Å². The molecule has 0 saturated carbocycles. The maximum Gasteiger partial charge on any atom is 0.414 e. The van der Waals surface area contributed by atoms with Crippen molar-refractivity contribution in [3.05, 3.63) is 72.7 Å². The van der Waals surface area contributed by atoms with E-state index < -0.39 is 12.2 Å². The van der Waals surface area contributed by atoms with E-state index in [0.29, 0.717) is 24.4 Å². The molecule has 5 rings (SSSR count). The van der Waals surface area contributed by atoms with Crippen molar-refractivity contribution in [3.8, 4) is 11.5 Å². The number of carbonyl (C=O) groups is 2. The van der Waals surface area contributed by atoms with Crippen molar-refractivity contribution in [1.29, 1.82) is 0 Å². The zero-order valence-corrected chi connectivity index (χ0v) is 24.5. The Morgan fingerprint density at radius 2 is 1.88 bits per heavy atom. The van der Waals surface area contributed by atoms with Crippen molar-refractivity contribution in [1.82, 2.24) is 14.8 Å². The van der Waals surface area contributed by atoms with Crippen molar-refractivity contribution < 1.29 is 24.2 Å². The van der Waals surface area contributed by atoms with E-state index >= 15 is 0 Å². The summed E-state index contributed by atoms with van der Waals surface area (Å²) in [7, 11) is 0. The van der Waals surface area contributed by atoms with Gasteiger partial charge in [-0.2, -0.15) is 5.10 Å². The Labute approximate surface area is 240 Å². The molecule has 1 saturated heterocycles. The van der Waals surface area contributed by atoms with Crippen molar-refractivity contribution in [2.45, 2.75) is 59.6 Å². The van der Waals surface area contributed by atoms with Gasteiger partial charge in [0.25, 0.3) is 0 Å². The van der Waals surface area contributed by atoms with Gasteiger partial charge in [-0.1, -0.05) is 32.9 Å². The molecule has 0 spiro atoms. The van der Waals surface area contributed by atoms with Crippen molar-refractivity contribution in [3.63, 3.8) is 0 Å². The molecule has 0 aliphatic carbocycles. The highest BCUT2D eigenvalue weighted by molar-refractivity contribution is 5.95. The molecule has 1 fully saturated rings. The average molecular weight is 562 g/mol. The summed E-state index contributed by atoms with van der Waals surface area (Å²) < 4.78 is 13.0. The van der Waals surface area contributed by atoms with E-state index in [1.807, 2.05) is 77.1 Å². The molecule has 41 heavy (non-hydrogen) atoms. The standard InChI is InChI=1S/C21H20N2O4.C8H13N3O.C2H6/c1-2-14-3-6-16(7-4-14)26-20-9-10-22-19-8-5-15(11-18(19)20)23-12-17(13-24)27-21(23)25;1-8(2,3)11-5-7(4-10-11)9-6-12;1-2/h3-11,17,24H,2,12-13H2,1H3;4-6H,1-3H3,(H,9,12);1-2H3. The number of rotatable bonds is 7. The molecule has 1 unspecified atom stereocenters. The van der Waals surface area contributed by atoms with Crippen molar-refractivity contribution in [2.24, 2.45) is 0 Å². The van der Waals surface area contributed by atoms with E-state index in [0.717, 1.165) is 28.8 Å². The molecular weight excluding hydrogens is 522 g/mol. The van der Waals surface area contributed by atoms with Gasteiger partial charge in [0, 0.05) is 23.5 Å². The van der Waals surface area contributed by atoms with Gasteiger partial charge in [-0.3, -0.25) is 19.4 Å². The first-order chi connectivity index (χ1) is 19.7. The average Bonchev–Trinajstić information content (AvgIpc) is 3.62. The molecule has 2 aromatic carbocycles. The van der Waals surface area contributed by atoms with Crippen LogP contribution in [0.2, 0.25) is 0 Å². The lowest BCUT2D eigenvalue weighted by Crippen LogP contribution is -2.25.